The lowest BCUT2D eigenvalue weighted by Gasteiger charge is -2.37. The molecular weight excluding hydrogens is 369 g/mol. The van der Waals surface area contributed by atoms with E-state index >= 15 is 0 Å². The zero-order chi connectivity index (χ0) is 18.6. The van der Waals surface area contributed by atoms with E-state index in [4.69, 9.17) is 32.7 Å². The lowest BCUT2D eigenvalue weighted by Crippen LogP contribution is -2.56. The molecule has 2 amide bonds. The summed E-state index contributed by atoms with van der Waals surface area (Å²) in [5, 5.41) is 3.47. The Morgan fingerprint density at radius 2 is 2.00 bits per heavy atom. The van der Waals surface area contributed by atoms with Crippen molar-refractivity contribution >= 4 is 35.2 Å². The van der Waals surface area contributed by atoms with E-state index in [2.05, 4.69) is 10.3 Å². The quantitative estimate of drug-likeness (QED) is 0.807. The van der Waals surface area contributed by atoms with E-state index in [1.807, 2.05) is 6.92 Å². The number of likely N-dealkylation sites (tertiary alicyclic amines) is 1. The first-order valence-electron chi connectivity index (χ1n) is 8.26. The van der Waals surface area contributed by atoms with Crippen molar-refractivity contribution in [1.82, 2.24) is 15.2 Å². The SMILES string of the molecule is CCOC(=O)N1CC[C@@H](NC(=O)c2[nH]c(C)c(Cl)c2Cl)[C@@H](OCC)C1. The largest absolute Gasteiger partial charge is 0.450 e. The Bertz CT molecular complexity index is 635. The highest BCUT2D eigenvalue weighted by Gasteiger charge is 2.34. The third-order valence-electron chi connectivity index (χ3n) is 4.06. The number of carbonyl (C=O) groups excluding carboxylic acids is 2. The summed E-state index contributed by atoms with van der Waals surface area (Å²) in [6, 6.07) is -0.239. The molecule has 0 unspecified atom stereocenters. The van der Waals surface area contributed by atoms with Crippen molar-refractivity contribution in [3.63, 3.8) is 0 Å². The van der Waals surface area contributed by atoms with Crippen molar-refractivity contribution in [1.29, 1.82) is 0 Å². The van der Waals surface area contributed by atoms with Crippen LogP contribution in [0.5, 0.6) is 0 Å². The normalized spacial score (nSPS) is 20.4. The summed E-state index contributed by atoms with van der Waals surface area (Å²) in [4.78, 5) is 28.9. The molecular formula is C16H23Cl2N3O4. The van der Waals surface area contributed by atoms with Crippen LogP contribution >= 0.6 is 23.2 Å². The Morgan fingerprint density at radius 1 is 1.28 bits per heavy atom. The maximum atomic E-state index is 12.5. The van der Waals surface area contributed by atoms with Crippen LogP contribution in [-0.4, -0.2) is 60.3 Å². The lowest BCUT2D eigenvalue weighted by atomic mass is 10.0. The molecule has 1 fully saturated rings. The summed E-state index contributed by atoms with van der Waals surface area (Å²) < 4.78 is 10.7. The van der Waals surface area contributed by atoms with Crippen molar-refractivity contribution in [2.24, 2.45) is 0 Å². The molecule has 9 heteroatoms. The van der Waals surface area contributed by atoms with Crippen molar-refractivity contribution < 1.29 is 19.1 Å². The molecule has 1 aliphatic heterocycles. The second-order valence-corrected chi connectivity index (χ2v) is 6.52. The van der Waals surface area contributed by atoms with Crippen molar-refractivity contribution in [3.05, 3.63) is 21.4 Å². The fraction of sp³-hybridized carbons (Fsp3) is 0.625. The maximum Gasteiger partial charge on any atom is 0.409 e. The molecule has 1 aliphatic rings. The van der Waals surface area contributed by atoms with Crippen LogP contribution in [0.1, 0.15) is 36.5 Å². The van der Waals surface area contributed by atoms with Gasteiger partial charge in [-0.05, 0) is 27.2 Å². The number of nitrogens with zero attached hydrogens (tertiary/aromatic N) is 1. The second-order valence-electron chi connectivity index (χ2n) is 5.76. The molecule has 0 radical (unpaired) electrons. The number of aromatic nitrogens is 1. The summed E-state index contributed by atoms with van der Waals surface area (Å²) in [6.07, 6.45) is -0.135. The molecule has 0 spiro atoms. The minimum absolute atomic E-state index is 0.202. The van der Waals surface area contributed by atoms with Gasteiger partial charge < -0.3 is 24.7 Å². The molecule has 1 aromatic rings. The molecule has 7 nitrogen and oxygen atoms in total. The molecule has 1 saturated heterocycles. The number of nitrogens with one attached hydrogen (secondary N) is 2. The number of hydrogen-bond acceptors (Lipinski definition) is 4. The summed E-state index contributed by atoms with van der Waals surface area (Å²) in [6.45, 7) is 7.00. The highest BCUT2D eigenvalue weighted by atomic mass is 35.5. The molecule has 0 saturated carbocycles. The predicted molar refractivity (Wildman–Crippen MR) is 95.4 cm³/mol. The molecule has 2 heterocycles. The van der Waals surface area contributed by atoms with E-state index in [0.717, 1.165) is 0 Å². The van der Waals surface area contributed by atoms with Gasteiger partial charge in [0.05, 0.1) is 35.3 Å². The van der Waals surface area contributed by atoms with Crippen LogP contribution in [0.3, 0.4) is 0 Å². The van der Waals surface area contributed by atoms with Gasteiger partial charge in [-0.3, -0.25) is 4.79 Å². The summed E-state index contributed by atoms with van der Waals surface area (Å²) in [5.41, 5.74) is 0.863. The van der Waals surface area contributed by atoms with E-state index in [1.54, 1.807) is 18.7 Å². The van der Waals surface area contributed by atoms with Crippen LogP contribution in [0.2, 0.25) is 10.0 Å². The van der Waals surface area contributed by atoms with Crippen LogP contribution in [-0.2, 0) is 9.47 Å². The van der Waals surface area contributed by atoms with Crippen molar-refractivity contribution in [2.45, 2.75) is 39.3 Å². The summed E-state index contributed by atoms with van der Waals surface area (Å²) in [7, 11) is 0. The number of rotatable bonds is 5. The number of H-pyrrole nitrogens is 1. The van der Waals surface area contributed by atoms with Crippen molar-refractivity contribution in [3.8, 4) is 0 Å². The minimum atomic E-state index is -0.369. The van der Waals surface area contributed by atoms with Crippen molar-refractivity contribution in [2.75, 3.05) is 26.3 Å². The van der Waals surface area contributed by atoms with E-state index in [-0.39, 0.29) is 34.9 Å². The molecule has 25 heavy (non-hydrogen) atoms. The Balaban J connectivity index is 2.06. The molecule has 2 atom stereocenters. The lowest BCUT2D eigenvalue weighted by molar-refractivity contribution is -0.0151. The monoisotopic (exact) mass is 391 g/mol. The Kier molecular flexibility index (Phi) is 6.98. The first-order chi connectivity index (χ1) is 11.9. The third kappa shape index (κ3) is 4.59. The van der Waals surface area contributed by atoms with Gasteiger partial charge in [0, 0.05) is 18.8 Å². The number of hydrogen-bond donors (Lipinski definition) is 2. The smallest absolute Gasteiger partial charge is 0.409 e. The second kappa shape index (κ2) is 8.78. The number of aromatic amines is 1. The van der Waals surface area contributed by atoms with Crippen LogP contribution < -0.4 is 5.32 Å². The number of carbonyl (C=O) groups is 2. The Morgan fingerprint density at radius 3 is 2.56 bits per heavy atom. The molecule has 2 rings (SSSR count). The fourth-order valence-electron chi connectivity index (χ4n) is 2.81. The van der Waals surface area contributed by atoms with E-state index < -0.39 is 0 Å². The molecule has 0 bridgehead atoms. The third-order valence-corrected chi connectivity index (χ3v) is 5.01. The van der Waals surface area contributed by atoms with Gasteiger partial charge in [-0.25, -0.2) is 4.79 Å². The number of halogens is 2. The molecule has 1 aromatic heterocycles. The highest BCUT2D eigenvalue weighted by Crippen LogP contribution is 2.29. The molecule has 2 N–H and O–H groups in total. The maximum absolute atomic E-state index is 12.5. The number of piperidine rings is 1. The van der Waals surface area contributed by atoms with E-state index in [1.165, 1.54) is 0 Å². The van der Waals surface area contributed by atoms with Gasteiger partial charge in [0.25, 0.3) is 5.91 Å². The van der Waals surface area contributed by atoms with Crippen LogP contribution in [0, 0.1) is 6.92 Å². The van der Waals surface area contributed by atoms with Crippen LogP contribution in [0.15, 0.2) is 0 Å². The summed E-state index contributed by atoms with van der Waals surface area (Å²) >= 11 is 12.1. The van der Waals surface area contributed by atoms with Gasteiger partial charge in [0.1, 0.15) is 5.69 Å². The highest BCUT2D eigenvalue weighted by molar-refractivity contribution is 6.44. The average Bonchev–Trinajstić information content (AvgIpc) is 2.84. The van der Waals surface area contributed by atoms with E-state index in [9.17, 15) is 9.59 Å². The predicted octanol–water partition coefficient (Wildman–Crippen LogP) is 3.00. The zero-order valence-electron chi connectivity index (χ0n) is 14.5. The van der Waals surface area contributed by atoms with Gasteiger partial charge in [0.15, 0.2) is 0 Å². The number of ether oxygens (including phenoxy) is 2. The van der Waals surface area contributed by atoms with Gasteiger partial charge in [-0.1, -0.05) is 23.2 Å². The zero-order valence-corrected chi connectivity index (χ0v) is 16.0. The van der Waals surface area contributed by atoms with Gasteiger partial charge >= 0.3 is 6.09 Å². The topological polar surface area (TPSA) is 83.7 Å². The Labute approximate surface area is 156 Å². The number of aryl methyl sites for hydroxylation is 1. The van der Waals surface area contributed by atoms with Crippen LogP contribution in [0.25, 0.3) is 0 Å². The number of amides is 2. The molecule has 0 aromatic carbocycles. The first-order valence-corrected chi connectivity index (χ1v) is 9.02. The first kappa shape index (κ1) is 19.9. The van der Waals surface area contributed by atoms with Crippen LogP contribution in [0.4, 0.5) is 4.79 Å². The molecule has 140 valence electrons. The van der Waals surface area contributed by atoms with Gasteiger partial charge in [-0.15, -0.1) is 0 Å². The standard InChI is InChI=1S/C16H23Cl2N3O4/c1-4-24-11-8-21(16(23)25-5-2)7-6-10(11)20-15(22)14-13(18)12(17)9(3)19-14/h10-11,19H,4-8H2,1-3H3,(H,20,22)/t10-,11+/m1/s1. The Hall–Kier alpha value is -1.44. The van der Waals surface area contributed by atoms with E-state index in [0.29, 0.717) is 43.4 Å². The van der Waals surface area contributed by atoms with Gasteiger partial charge in [-0.2, -0.15) is 0 Å². The van der Waals surface area contributed by atoms with Gasteiger partial charge in [0.2, 0.25) is 0 Å². The summed E-state index contributed by atoms with van der Waals surface area (Å²) in [5.74, 6) is -0.348. The molecule has 0 aliphatic carbocycles. The minimum Gasteiger partial charge on any atom is -0.450 e. The average molecular weight is 392 g/mol. The fourth-order valence-corrected chi connectivity index (χ4v) is 3.23.